The molecule has 130 valence electrons. The van der Waals surface area contributed by atoms with Crippen LogP contribution in [0.2, 0.25) is 0 Å². The topological polar surface area (TPSA) is 93.4 Å². The third kappa shape index (κ3) is 3.61. The first-order valence-electron chi connectivity index (χ1n) is 8.57. The monoisotopic (exact) mass is 331 g/mol. The highest BCUT2D eigenvalue weighted by atomic mass is 16.5. The summed E-state index contributed by atoms with van der Waals surface area (Å²) in [5, 5.41) is 25.2. The molecular weight excluding hydrogens is 306 g/mol. The minimum atomic E-state index is 0.00501. The minimum Gasteiger partial charge on any atom is -0.395 e. The van der Waals surface area contributed by atoms with Crippen LogP contribution in [0.1, 0.15) is 29.5 Å². The van der Waals surface area contributed by atoms with Gasteiger partial charge in [-0.3, -0.25) is 0 Å². The van der Waals surface area contributed by atoms with E-state index in [1.807, 2.05) is 0 Å². The first-order valence-corrected chi connectivity index (χ1v) is 8.57. The van der Waals surface area contributed by atoms with Crippen LogP contribution in [-0.2, 0) is 17.7 Å². The molecule has 1 aromatic heterocycles. The molecule has 3 heterocycles. The van der Waals surface area contributed by atoms with E-state index in [0.29, 0.717) is 17.9 Å². The van der Waals surface area contributed by atoms with Crippen molar-refractivity contribution in [1.29, 1.82) is 5.26 Å². The van der Waals surface area contributed by atoms with Gasteiger partial charge >= 0.3 is 0 Å². The second-order valence-electron chi connectivity index (χ2n) is 6.41. The molecule has 0 saturated carbocycles. The molecule has 0 amide bonds. The van der Waals surface area contributed by atoms with E-state index in [2.05, 4.69) is 33.6 Å². The smallest absolute Gasteiger partial charge is 0.146 e. The van der Waals surface area contributed by atoms with E-state index < -0.39 is 0 Å². The number of hydrogen-bond donors (Lipinski definition) is 3. The second-order valence-corrected chi connectivity index (χ2v) is 6.41. The fourth-order valence-corrected chi connectivity index (χ4v) is 3.35. The highest BCUT2D eigenvalue weighted by Gasteiger charge is 2.25. The van der Waals surface area contributed by atoms with Crippen molar-refractivity contribution in [2.24, 2.45) is 0 Å². The Morgan fingerprint density at radius 3 is 2.96 bits per heavy atom. The molecule has 7 heteroatoms. The molecule has 0 aromatic carbocycles. The molecule has 2 aliphatic heterocycles. The van der Waals surface area contributed by atoms with E-state index in [1.165, 1.54) is 0 Å². The summed E-state index contributed by atoms with van der Waals surface area (Å²) in [7, 11) is 2.08. The second kappa shape index (κ2) is 7.79. The van der Waals surface area contributed by atoms with Crippen LogP contribution < -0.4 is 10.6 Å². The van der Waals surface area contributed by atoms with Gasteiger partial charge in [0, 0.05) is 38.3 Å². The zero-order valence-corrected chi connectivity index (χ0v) is 14.1. The van der Waals surface area contributed by atoms with E-state index in [4.69, 9.17) is 9.84 Å². The summed E-state index contributed by atoms with van der Waals surface area (Å²) in [5.74, 6) is 1.39. The van der Waals surface area contributed by atoms with Gasteiger partial charge in [-0.2, -0.15) is 5.26 Å². The number of nitrogens with one attached hydrogen (secondary N) is 2. The van der Waals surface area contributed by atoms with Crippen LogP contribution in [0.5, 0.6) is 0 Å². The number of anilines is 2. The average molecular weight is 331 g/mol. The number of ether oxygens (including phenoxy) is 1. The quantitative estimate of drug-likeness (QED) is 0.714. The Morgan fingerprint density at radius 1 is 1.38 bits per heavy atom. The molecular formula is C17H25N5O2. The molecule has 7 nitrogen and oxygen atoms in total. The molecule has 2 aliphatic rings. The summed E-state index contributed by atoms with van der Waals surface area (Å²) in [6, 6.07) is 2.29. The van der Waals surface area contributed by atoms with Gasteiger partial charge in [0.15, 0.2) is 0 Å². The summed E-state index contributed by atoms with van der Waals surface area (Å²) in [6.07, 6.45) is 3.24. The van der Waals surface area contributed by atoms with Crippen molar-refractivity contribution in [2.75, 3.05) is 50.5 Å². The highest BCUT2D eigenvalue weighted by Crippen LogP contribution is 2.31. The van der Waals surface area contributed by atoms with Gasteiger partial charge in [-0.15, -0.1) is 0 Å². The zero-order chi connectivity index (χ0) is 16.9. The third-order valence-corrected chi connectivity index (χ3v) is 4.62. The van der Waals surface area contributed by atoms with Crippen LogP contribution in [0.4, 0.5) is 11.6 Å². The van der Waals surface area contributed by atoms with Crippen LogP contribution >= 0.6 is 0 Å². The summed E-state index contributed by atoms with van der Waals surface area (Å²) >= 11 is 0. The van der Waals surface area contributed by atoms with Gasteiger partial charge in [0.25, 0.3) is 0 Å². The van der Waals surface area contributed by atoms with Gasteiger partial charge in [0.2, 0.25) is 0 Å². The Bertz CT molecular complexity index is 622. The molecule has 1 fully saturated rings. The number of aliphatic hydroxyl groups is 1. The number of likely N-dealkylation sites (N-methyl/N-ethyl adjacent to an activating group) is 1. The number of fused-ring (bicyclic) bond motifs is 1. The van der Waals surface area contributed by atoms with Crippen molar-refractivity contribution in [3.8, 4) is 6.07 Å². The van der Waals surface area contributed by atoms with Crippen LogP contribution in [0, 0.1) is 11.3 Å². The lowest BCUT2D eigenvalue weighted by Crippen LogP contribution is -2.30. The molecule has 1 saturated heterocycles. The lowest BCUT2D eigenvalue weighted by Gasteiger charge is -2.29. The highest BCUT2D eigenvalue weighted by molar-refractivity contribution is 5.66. The van der Waals surface area contributed by atoms with E-state index in [0.717, 1.165) is 62.4 Å². The van der Waals surface area contributed by atoms with Crippen LogP contribution in [0.3, 0.4) is 0 Å². The van der Waals surface area contributed by atoms with Gasteiger partial charge in [-0.1, -0.05) is 0 Å². The fourth-order valence-electron chi connectivity index (χ4n) is 3.35. The molecule has 0 spiro atoms. The summed E-state index contributed by atoms with van der Waals surface area (Å²) in [5.41, 5.74) is 2.78. The third-order valence-electron chi connectivity index (χ3n) is 4.62. The molecule has 0 aliphatic carbocycles. The number of aliphatic hydroxyl groups excluding tert-OH is 1. The summed E-state index contributed by atoms with van der Waals surface area (Å²) in [6.45, 7) is 3.66. The Kier molecular flexibility index (Phi) is 5.51. The van der Waals surface area contributed by atoms with Crippen molar-refractivity contribution in [1.82, 2.24) is 9.88 Å². The number of nitrogens with zero attached hydrogens (tertiary/aromatic N) is 3. The number of aromatic nitrogens is 1. The van der Waals surface area contributed by atoms with Crippen molar-refractivity contribution >= 4 is 11.6 Å². The van der Waals surface area contributed by atoms with Gasteiger partial charge in [-0.05, 0) is 31.9 Å². The average Bonchev–Trinajstić information content (AvgIpc) is 3.11. The number of pyridine rings is 1. The molecule has 1 aromatic rings. The first kappa shape index (κ1) is 17.0. The van der Waals surface area contributed by atoms with Gasteiger partial charge in [0.1, 0.15) is 17.7 Å². The standard InChI is InChI=1S/C17H25N5O2/c1-22-6-4-13-14(9-18)16(19-5-7-23)21-17(15(13)11-22)20-10-12-3-2-8-24-12/h12,23H,2-8,10-11H2,1H3,(H2,19,20,21)/t12-/m1/s1. The van der Waals surface area contributed by atoms with Crippen molar-refractivity contribution < 1.29 is 9.84 Å². The number of nitriles is 1. The molecule has 24 heavy (non-hydrogen) atoms. The van der Waals surface area contributed by atoms with Crippen LogP contribution in [-0.4, -0.2) is 61.0 Å². The lowest BCUT2D eigenvalue weighted by molar-refractivity contribution is 0.120. The van der Waals surface area contributed by atoms with Crippen molar-refractivity contribution in [2.45, 2.75) is 31.9 Å². The minimum absolute atomic E-state index is 0.00501. The first-order chi connectivity index (χ1) is 11.7. The molecule has 1 atom stereocenters. The maximum Gasteiger partial charge on any atom is 0.146 e. The van der Waals surface area contributed by atoms with E-state index >= 15 is 0 Å². The number of rotatable bonds is 6. The number of hydrogen-bond acceptors (Lipinski definition) is 7. The lowest BCUT2D eigenvalue weighted by atomic mass is 9.96. The Labute approximate surface area is 142 Å². The van der Waals surface area contributed by atoms with E-state index in [9.17, 15) is 5.26 Å². The SMILES string of the molecule is CN1CCc2c(C#N)c(NCCO)nc(NC[C@H]3CCCO3)c2C1. The Morgan fingerprint density at radius 2 is 2.25 bits per heavy atom. The van der Waals surface area contributed by atoms with Gasteiger partial charge in [-0.25, -0.2) is 4.98 Å². The summed E-state index contributed by atoms with van der Waals surface area (Å²) < 4.78 is 5.68. The van der Waals surface area contributed by atoms with Crippen LogP contribution in [0.15, 0.2) is 0 Å². The van der Waals surface area contributed by atoms with Gasteiger partial charge in [0.05, 0.1) is 18.3 Å². The van der Waals surface area contributed by atoms with Crippen molar-refractivity contribution in [3.63, 3.8) is 0 Å². The largest absolute Gasteiger partial charge is 0.395 e. The van der Waals surface area contributed by atoms with Crippen molar-refractivity contribution in [3.05, 3.63) is 16.7 Å². The summed E-state index contributed by atoms with van der Waals surface area (Å²) in [4.78, 5) is 6.89. The van der Waals surface area contributed by atoms with Gasteiger partial charge < -0.3 is 25.4 Å². The maximum atomic E-state index is 9.59. The predicted octanol–water partition coefficient (Wildman–Crippen LogP) is 0.936. The fraction of sp³-hybridized carbons (Fsp3) is 0.647. The molecule has 0 unspecified atom stereocenters. The molecule has 3 rings (SSSR count). The molecule has 0 radical (unpaired) electrons. The molecule has 0 bridgehead atoms. The Balaban J connectivity index is 1.90. The molecule has 3 N–H and O–H groups in total. The zero-order valence-electron chi connectivity index (χ0n) is 14.1. The van der Waals surface area contributed by atoms with E-state index in [1.54, 1.807) is 0 Å². The predicted molar refractivity (Wildman–Crippen MR) is 92.0 cm³/mol. The van der Waals surface area contributed by atoms with Crippen LogP contribution in [0.25, 0.3) is 0 Å². The Hall–Kier alpha value is -1.88. The normalized spacial score (nSPS) is 20.5. The van der Waals surface area contributed by atoms with E-state index in [-0.39, 0.29) is 12.7 Å². The maximum absolute atomic E-state index is 9.59.